The first-order chi connectivity index (χ1) is 12.8. The van der Waals surface area contributed by atoms with E-state index in [2.05, 4.69) is 5.32 Å². The van der Waals surface area contributed by atoms with Crippen LogP contribution in [0.1, 0.15) is 36.3 Å². The maximum atomic E-state index is 12.5. The van der Waals surface area contributed by atoms with Crippen molar-refractivity contribution in [1.29, 1.82) is 0 Å². The molecule has 1 aliphatic carbocycles. The Bertz CT molecular complexity index is 801. The number of nitrogens with zero attached hydrogens (tertiary/aromatic N) is 1. The summed E-state index contributed by atoms with van der Waals surface area (Å²) in [6, 6.07) is 4.04. The molecule has 150 valence electrons. The van der Waals surface area contributed by atoms with E-state index in [9.17, 15) is 13.2 Å². The molecule has 8 heteroatoms. The van der Waals surface area contributed by atoms with E-state index in [1.807, 2.05) is 12.1 Å². The predicted molar refractivity (Wildman–Crippen MR) is 103 cm³/mol. The van der Waals surface area contributed by atoms with Gasteiger partial charge in [-0.25, -0.2) is 12.7 Å². The zero-order chi connectivity index (χ0) is 19.6. The number of carbonyl (C=O) groups excluding carboxylic acids is 1. The zero-order valence-corrected chi connectivity index (χ0v) is 17.0. The summed E-state index contributed by atoms with van der Waals surface area (Å²) in [5, 5.41) is 3.08. The lowest BCUT2D eigenvalue weighted by molar-refractivity contribution is -0.126. The van der Waals surface area contributed by atoms with Crippen LogP contribution in [-0.2, 0) is 21.2 Å². The van der Waals surface area contributed by atoms with Crippen molar-refractivity contribution in [3.63, 3.8) is 0 Å². The lowest BCUT2D eigenvalue weighted by Gasteiger charge is -2.29. The van der Waals surface area contributed by atoms with Gasteiger partial charge >= 0.3 is 0 Å². The van der Waals surface area contributed by atoms with Crippen molar-refractivity contribution in [3.8, 4) is 11.5 Å². The molecule has 1 amide bonds. The average Bonchev–Trinajstić information content (AvgIpc) is 3.06. The molecule has 1 aromatic rings. The molecule has 0 bridgehead atoms. The van der Waals surface area contributed by atoms with Gasteiger partial charge in [0.1, 0.15) is 0 Å². The van der Waals surface area contributed by atoms with Gasteiger partial charge in [0.25, 0.3) is 0 Å². The third-order valence-electron chi connectivity index (χ3n) is 5.66. The van der Waals surface area contributed by atoms with Crippen LogP contribution >= 0.6 is 0 Å². The summed E-state index contributed by atoms with van der Waals surface area (Å²) in [4.78, 5) is 12.5. The molecule has 7 nitrogen and oxygen atoms in total. The van der Waals surface area contributed by atoms with E-state index in [1.54, 1.807) is 14.2 Å². The Balaban J connectivity index is 1.57. The van der Waals surface area contributed by atoms with Crippen LogP contribution in [0.15, 0.2) is 12.1 Å². The van der Waals surface area contributed by atoms with E-state index >= 15 is 0 Å². The number of benzene rings is 1. The molecule has 0 aromatic heterocycles. The quantitative estimate of drug-likeness (QED) is 0.788. The van der Waals surface area contributed by atoms with Crippen LogP contribution in [0.5, 0.6) is 11.5 Å². The smallest absolute Gasteiger partial charge is 0.223 e. The van der Waals surface area contributed by atoms with Crippen LogP contribution in [0.3, 0.4) is 0 Å². The van der Waals surface area contributed by atoms with Crippen molar-refractivity contribution < 1.29 is 22.7 Å². The third kappa shape index (κ3) is 4.38. The van der Waals surface area contributed by atoms with Crippen molar-refractivity contribution in [3.05, 3.63) is 23.3 Å². The Morgan fingerprint density at radius 2 is 1.78 bits per heavy atom. The molecule has 3 rings (SSSR count). The summed E-state index contributed by atoms with van der Waals surface area (Å²) in [5.74, 6) is 1.62. The number of piperidine rings is 1. The molecule has 2 aliphatic rings. The molecule has 0 radical (unpaired) electrons. The number of rotatable bonds is 6. The topological polar surface area (TPSA) is 84.9 Å². The molecule has 1 saturated heterocycles. The van der Waals surface area contributed by atoms with Crippen molar-refractivity contribution in [2.75, 3.05) is 40.1 Å². The minimum atomic E-state index is -3.17. The van der Waals surface area contributed by atoms with Crippen LogP contribution in [0, 0.1) is 5.92 Å². The molecule has 27 heavy (non-hydrogen) atoms. The Labute approximate surface area is 161 Å². The number of fused-ring (bicyclic) bond motifs is 1. The SMILES string of the molecule is COc1cc2c(cc1OC)C(CNC(=O)C1CCN(S(C)(=O)=O)CC1)CC2. The fourth-order valence-electron chi connectivity index (χ4n) is 4.05. The fraction of sp³-hybridized carbons (Fsp3) is 0.632. The number of nitrogens with one attached hydrogen (secondary N) is 1. The summed E-state index contributed by atoms with van der Waals surface area (Å²) < 4.78 is 35.4. The molecule has 1 unspecified atom stereocenters. The van der Waals surface area contributed by atoms with Crippen molar-refractivity contribution >= 4 is 15.9 Å². The van der Waals surface area contributed by atoms with Gasteiger partial charge in [-0.1, -0.05) is 0 Å². The van der Waals surface area contributed by atoms with Crippen LogP contribution in [-0.4, -0.2) is 58.7 Å². The highest BCUT2D eigenvalue weighted by molar-refractivity contribution is 7.88. The molecule has 1 N–H and O–H groups in total. The van der Waals surface area contributed by atoms with Gasteiger partial charge in [-0.2, -0.15) is 0 Å². The third-order valence-corrected chi connectivity index (χ3v) is 6.97. The molecule has 1 heterocycles. The number of hydrogen-bond donors (Lipinski definition) is 1. The highest BCUT2D eigenvalue weighted by Gasteiger charge is 2.30. The Kier molecular flexibility index (Phi) is 5.95. The zero-order valence-electron chi connectivity index (χ0n) is 16.2. The number of methoxy groups -OCH3 is 2. The summed E-state index contributed by atoms with van der Waals surface area (Å²) in [7, 11) is 0.0881. The fourth-order valence-corrected chi connectivity index (χ4v) is 4.92. The van der Waals surface area contributed by atoms with Gasteiger partial charge in [-0.15, -0.1) is 0 Å². The number of aryl methyl sites for hydroxylation is 1. The average molecular weight is 397 g/mol. The maximum Gasteiger partial charge on any atom is 0.223 e. The summed E-state index contributed by atoms with van der Waals surface area (Å²) in [6.45, 7) is 1.42. The number of ether oxygens (including phenoxy) is 2. The number of hydrogen-bond acceptors (Lipinski definition) is 5. The molecular formula is C19H28N2O5S. The molecular weight excluding hydrogens is 368 g/mol. The monoisotopic (exact) mass is 396 g/mol. The van der Waals surface area contributed by atoms with Gasteiger partial charge in [-0.05, 0) is 48.9 Å². The van der Waals surface area contributed by atoms with Crippen LogP contribution in [0.25, 0.3) is 0 Å². The second-order valence-corrected chi connectivity index (χ2v) is 9.31. The first-order valence-electron chi connectivity index (χ1n) is 9.31. The Morgan fingerprint density at radius 1 is 1.15 bits per heavy atom. The molecule has 0 spiro atoms. The summed E-state index contributed by atoms with van der Waals surface area (Å²) in [5.41, 5.74) is 2.45. The molecule has 1 aliphatic heterocycles. The van der Waals surface area contributed by atoms with Gasteiger partial charge in [0, 0.05) is 31.5 Å². The van der Waals surface area contributed by atoms with Crippen molar-refractivity contribution in [2.24, 2.45) is 5.92 Å². The van der Waals surface area contributed by atoms with E-state index in [4.69, 9.17) is 9.47 Å². The first kappa shape index (κ1) is 19.9. The van der Waals surface area contributed by atoms with E-state index < -0.39 is 10.0 Å². The normalized spacial score (nSPS) is 20.9. The molecule has 1 atom stereocenters. The Hall–Kier alpha value is -1.80. The summed E-state index contributed by atoms with van der Waals surface area (Å²) in [6.07, 6.45) is 4.31. The second-order valence-electron chi connectivity index (χ2n) is 7.32. The maximum absolute atomic E-state index is 12.5. The highest BCUT2D eigenvalue weighted by atomic mass is 32.2. The predicted octanol–water partition coefficient (Wildman–Crippen LogP) is 1.52. The largest absolute Gasteiger partial charge is 0.493 e. The van der Waals surface area contributed by atoms with E-state index in [1.165, 1.54) is 21.7 Å². The Morgan fingerprint density at radius 3 is 2.37 bits per heavy atom. The van der Waals surface area contributed by atoms with E-state index in [0.717, 1.165) is 18.6 Å². The van der Waals surface area contributed by atoms with Crippen LogP contribution < -0.4 is 14.8 Å². The first-order valence-corrected chi connectivity index (χ1v) is 11.2. The highest BCUT2D eigenvalue weighted by Crippen LogP contribution is 2.40. The van der Waals surface area contributed by atoms with Gasteiger partial charge in [0.2, 0.25) is 15.9 Å². The molecule has 1 aromatic carbocycles. The van der Waals surface area contributed by atoms with E-state index in [0.29, 0.717) is 38.2 Å². The molecule has 0 saturated carbocycles. The van der Waals surface area contributed by atoms with Gasteiger partial charge in [-0.3, -0.25) is 4.79 Å². The lowest BCUT2D eigenvalue weighted by atomic mass is 9.96. The van der Waals surface area contributed by atoms with Gasteiger partial charge in [0.05, 0.1) is 20.5 Å². The van der Waals surface area contributed by atoms with Crippen molar-refractivity contribution in [1.82, 2.24) is 9.62 Å². The lowest BCUT2D eigenvalue weighted by Crippen LogP contribution is -2.43. The minimum absolute atomic E-state index is 0.0251. The van der Waals surface area contributed by atoms with Gasteiger partial charge in [0.15, 0.2) is 11.5 Å². The standard InChI is InChI=1S/C19H28N2O5S/c1-25-17-10-14-4-5-15(16(14)11-18(17)26-2)12-20-19(22)13-6-8-21(9-7-13)27(3,23)24/h10-11,13,15H,4-9,12H2,1-3H3,(H,20,22). The van der Waals surface area contributed by atoms with Gasteiger partial charge < -0.3 is 14.8 Å². The number of amides is 1. The van der Waals surface area contributed by atoms with E-state index in [-0.39, 0.29) is 17.7 Å². The number of sulfonamides is 1. The number of carbonyl (C=O) groups is 1. The van der Waals surface area contributed by atoms with Crippen molar-refractivity contribution in [2.45, 2.75) is 31.6 Å². The van der Waals surface area contributed by atoms with Crippen LogP contribution in [0.2, 0.25) is 0 Å². The minimum Gasteiger partial charge on any atom is -0.493 e. The second kappa shape index (κ2) is 8.06. The van der Waals surface area contributed by atoms with Crippen LogP contribution in [0.4, 0.5) is 0 Å². The molecule has 1 fully saturated rings. The summed E-state index contributed by atoms with van der Waals surface area (Å²) >= 11 is 0.